The van der Waals surface area contributed by atoms with Crippen molar-refractivity contribution in [2.75, 3.05) is 0 Å². The van der Waals surface area contributed by atoms with Crippen LogP contribution in [0.3, 0.4) is 0 Å². The molecule has 0 bridgehead atoms. The van der Waals surface area contributed by atoms with Gasteiger partial charge in [-0.05, 0) is 23.9 Å². The molecule has 2 atom stereocenters. The number of nitrogens with zero attached hydrogens (tertiary/aromatic N) is 2. The number of imidazole rings is 1. The van der Waals surface area contributed by atoms with Crippen molar-refractivity contribution in [3.05, 3.63) is 76.5 Å². The fourth-order valence-corrected chi connectivity index (χ4v) is 3.23. The number of benzene rings is 1. The SMILES string of the molecule is CC(NC(=O)c1cccs1)C(=O)NC(c1ccccc1)c1nccn1C. The Bertz CT molecular complexity index is 874. The number of hydrogen-bond donors (Lipinski definition) is 2. The van der Waals surface area contributed by atoms with Crippen molar-refractivity contribution in [1.29, 1.82) is 0 Å². The predicted molar refractivity (Wildman–Crippen MR) is 101 cm³/mol. The second-order valence-corrected chi connectivity index (χ2v) is 6.87. The van der Waals surface area contributed by atoms with Crippen molar-refractivity contribution in [3.63, 3.8) is 0 Å². The largest absolute Gasteiger partial charge is 0.340 e. The highest BCUT2D eigenvalue weighted by molar-refractivity contribution is 7.12. The number of aryl methyl sites for hydroxylation is 1. The summed E-state index contributed by atoms with van der Waals surface area (Å²) in [5.41, 5.74) is 0.923. The van der Waals surface area contributed by atoms with E-state index < -0.39 is 12.1 Å². The van der Waals surface area contributed by atoms with E-state index in [9.17, 15) is 9.59 Å². The molecule has 0 radical (unpaired) electrons. The first-order valence-electron chi connectivity index (χ1n) is 8.23. The van der Waals surface area contributed by atoms with Gasteiger partial charge in [-0.1, -0.05) is 36.4 Å². The van der Waals surface area contributed by atoms with Gasteiger partial charge in [0.25, 0.3) is 5.91 Å². The molecule has 3 rings (SSSR count). The smallest absolute Gasteiger partial charge is 0.261 e. The van der Waals surface area contributed by atoms with Crippen molar-refractivity contribution >= 4 is 23.2 Å². The number of hydrogen-bond acceptors (Lipinski definition) is 4. The second kappa shape index (κ2) is 7.97. The van der Waals surface area contributed by atoms with Gasteiger partial charge in [-0.3, -0.25) is 9.59 Å². The number of rotatable bonds is 6. The fraction of sp³-hybridized carbons (Fsp3) is 0.211. The highest BCUT2D eigenvalue weighted by Gasteiger charge is 2.24. The molecule has 6 nitrogen and oxygen atoms in total. The zero-order valence-corrected chi connectivity index (χ0v) is 15.4. The number of thiophene rings is 1. The Hall–Kier alpha value is -2.93. The van der Waals surface area contributed by atoms with Crippen LogP contribution in [0.15, 0.2) is 60.2 Å². The fourth-order valence-electron chi connectivity index (χ4n) is 2.61. The molecule has 134 valence electrons. The molecule has 26 heavy (non-hydrogen) atoms. The summed E-state index contributed by atoms with van der Waals surface area (Å²) in [6.07, 6.45) is 3.53. The molecule has 0 spiro atoms. The van der Waals surface area contributed by atoms with E-state index in [4.69, 9.17) is 0 Å². The summed E-state index contributed by atoms with van der Waals surface area (Å²) in [6.45, 7) is 1.67. The normalized spacial score (nSPS) is 13.0. The van der Waals surface area contributed by atoms with E-state index in [1.807, 2.05) is 53.5 Å². The van der Waals surface area contributed by atoms with Crippen molar-refractivity contribution in [1.82, 2.24) is 20.2 Å². The number of aromatic nitrogens is 2. The zero-order chi connectivity index (χ0) is 18.5. The monoisotopic (exact) mass is 368 g/mol. The summed E-state index contributed by atoms with van der Waals surface area (Å²) < 4.78 is 1.87. The number of amides is 2. The van der Waals surface area contributed by atoms with E-state index >= 15 is 0 Å². The average molecular weight is 368 g/mol. The third-order valence-electron chi connectivity index (χ3n) is 4.02. The van der Waals surface area contributed by atoms with Gasteiger partial charge >= 0.3 is 0 Å². The molecule has 1 aromatic carbocycles. The molecule has 2 amide bonds. The lowest BCUT2D eigenvalue weighted by Crippen LogP contribution is -2.46. The molecule has 3 aromatic rings. The lowest BCUT2D eigenvalue weighted by atomic mass is 10.1. The first-order chi connectivity index (χ1) is 12.6. The maximum Gasteiger partial charge on any atom is 0.261 e. The molecule has 2 heterocycles. The van der Waals surface area contributed by atoms with Crippen molar-refractivity contribution < 1.29 is 9.59 Å². The molecular formula is C19H20N4O2S. The third-order valence-corrected chi connectivity index (χ3v) is 4.89. The first-order valence-corrected chi connectivity index (χ1v) is 9.11. The predicted octanol–water partition coefficient (Wildman–Crippen LogP) is 2.51. The van der Waals surface area contributed by atoms with Gasteiger partial charge in [0.05, 0.1) is 4.88 Å². The Morgan fingerprint density at radius 3 is 2.50 bits per heavy atom. The molecule has 2 aromatic heterocycles. The van der Waals surface area contributed by atoms with Crippen molar-refractivity contribution in [2.45, 2.75) is 19.0 Å². The van der Waals surface area contributed by atoms with Gasteiger partial charge in [0.2, 0.25) is 5.91 Å². The number of nitrogens with one attached hydrogen (secondary N) is 2. The van der Waals surface area contributed by atoms with Crippen LogP contribution in [0.25, 0.3) is 0 Å². The summed E-state index contributed by atoms with van der Waals surface area (Å²) in [4.78, 5) is 29.8. The Morgan fingerprint density at radius 2 is 1.88 bits per heavy atom. The lowest BCUT2D eigenvalue weighted by Gasteiger charge is -2.22. The minimum Gasteiger partial charge on any atom is -0.340 e. The summed E-state index contributed by atoms with van der Waals surface area (Å²) >= 11 is 1.34. The maximum absolute atomic E-state index is 12.7. The van der Waals surface area contributed by atoms with Gasteiger partial charge in [-0.15, -0.1) is 11.3 Å². The summed E-state index contributed by atoms with van der Waals surface area (Å²) in [6, 6.07) is 12.1. The van der Waals surface area contributed by atoms with Crippen LogP contribution in [-0.2, 0) is 11.8 Å². The van der Waals surface area contributed by atoms with E-state index in [0.717, 1.165) is 11.4 Å². The van der Waals surface area contributed by atoms with E-state index in [2.05, 4.69) is 15.6 Å². The van der Waals surface area contributed by atoms with Crippen LogP contribution in [-0.4, -0.2) is 27.4 Å². The van der Waals surface area contributed by atoms with Gasteiger partial charge < -0.3 is 15.2 Å². The number of carbonyl (C=O) groups excluding carboxylic acids is 2. The minimum atomic E-state index is -0.670. The summed E-state index contributed by atoms with van der Waals surface area (Å²) in [7, 11) is 1.88. The molecule has 0 aliphatic carbocycles. The van der Waals surface area contributed by atoms with Crippen LogP contribution in [0.4, 0.5) is 0 Å². The Kier molecular flexibility index (Phi) is 5.48. The first kappa shape index (κ1) is 17.9. The molecule has 0 saturated heterocycles. The van der Waals surface area contributed by atoms with Gasteiger partial charge in [0, 0.05) is 19.4 Å². The molecule has 0 aliphatic rings. The standard InChI is InChI=1S/C19H20N4O2S/c1-13(21-19(25)15-9-6-12-26-15)18(24)22-16(14-7-4-3-5-8-14)17-20-10-11-23(17)2/h3-13,16H,1-2H3,(H,21,25)(H,22,24). The molecular weight excluding hydrogens is 348 g/mol. The molecule has 2 unspecified atom stereocenters. The maximum atomic E-state index is 12.7. The topological polar surface area (TPSA) is 76.0 Å². The van der Waals surface area contributed by atoms with Crippen LogP contribution in [0.1, 0.15) is 34.0 Å². The van der Waals surface area contributed by atoms with Gasteiger partial charge in [-0.2, -0.15) is 0 Å². The van der Waals surface area contributed by atoms with E-state index in [-0.39, 0.29) is 11.8 Å². The Labute approximate surface area is 155 Å². The van der Waals surface area contributed by atoms with Crippen molar-refractivity contribution in [2.24, 2.45) is 7.05 Å². The van der Waals surface area contributed by atoms with Crippen LogP contribution in [0.5, 0.6) is 0 Å². The Morgan fingerprint density at radius 1 is 1.12 bits per heavy atom. The quantitative estimate of drug-likeness (QED) is 0.702. The Balaban J connectivity index is 1.75. The summed E-state index contributed by atoms with van der Waals surface area (Å²) in [5, 5.41) is 7.55. The van der Waals surface area contributed by atoms with Crippen LogP contribution >= 0.6 is 11.3 Å². The van der Waals surface area contributed by atoms with Crippen LogP contribution in [0, 0.1) is 0 Å². The highest BCUT2D eigenvalue weighted by atomic mass is 32.1. The van der Waals surface area contributed by atoms with E-state index in [1.54, 1.807) is 25.3 Å². The third kappa shape index (κ3) is 4.00. The van der Waals surface area contributed by atoms with Crippen LogP contribution < -0.4 is 10.6 Å². The van der Waals surface area contributed by atoms with Crippen LogP contribution in [0.2, 0.25) is 0 Å². The number of carbonyl (C=O) groups is 2. The van der Waals surface area contributed by atoms with Crippen molar-refractivity contribution in [3.8, 4) is 0 Å². The molecule has 7 heteroatoms. The lowest BCUT2D eigenvalue weighted by molar-refractivity contribution is -0.123. The second-order valence-electron chi connectivity index (χ2n) is 5.92. The minimum absolute atomic E-state index is 0.254. The highest BCUT2D eigenvalue weighted by Crippen LogP contribution is 2.20. The molecule has 0 aliphatic heterocycles. The van der Waals surface area contributed by atoms with Gasteiger partial charge in [0.15, 0.2) is 0 Å². The zero-order valence-electron chi connectivity index (χ0n) is 14.5. The molecule has 0 fully saturated rings. The van der Waals surface area contributed by atoms with Gasteiger partial charge in [-0.25, -0.2) is 4.98 Å². The summed E-state index contributed by atoms with van der Waals surface area (Å²) in [5.74, 6) is 0.198. The molecule has 2 N–H and O–H groups in total. The van der Waals surface area contributed by atoms with E-state index in [1.165, 1.54) is 11.3 Å². The average Bonchev–Trinajstić information content (AvgIpc) is 3.32. The molecule has 0 saturated carbocycles. The van der Waals surface area contributed by atoms with Gasteiger partial charge in [0.1, 0.15) is 17.9 Å². The van der Waals surface area contributed by atoms with E-state index in [0.29, 0.717) is 4.88 Å².